The van der Waals surface area contributed by atoms with Crippen LogP contribution in [0.1, 0.15) is 23.3 Å². The number of benzene rings is 1. The summed E-state index contributed by atoms with van der Waals surface area (Å²) < 4.78 is 5.48. The second-order valence-electron chi connectivity index (χ2n) is 5.53. The highest BCUT2D eigenvalue weighted by Crippen LogP contribution is 2.28. The van der Waals surface area contributed by atoms with Gasteiger partial charge in [-0.05, 0) is 43.2 Å². The molecule has 1 aliphatic rings. The van der Waals surface area contributed by atoms with Gasteiger partial charge >= 0.3 is 0 Å². The predicted octanol–water partition coefficient (Wildman–Crippen LogP) is 4.04. The smallest absolute Gasteiger partial charge is 0.269 e. The molecule has 1 amide bonds. The molecule has 2 N–H and O–H groups in total. The van der Waals surface area contributed by atoms with E-state index in [0.717, 1.165) is 30.8 Å². The van der Waals surface area contributed by atoms with Crippen molar-refractivity contribution in [2.45, 2.75) is 18.9 Å². The molecule has 1 fully saturated rings. The number of halogens is 2. The Kier molecular flexibility index (Phi) is 5.56. The minimum absolute atomic E-state index is 0.113. The molecule has 0 aliphatic carbocycles. The summed E-state index contributed by atoms with van der Waals surface area (Å²) in [5.41, 5.74) is 1.81. The van der Waals surface area contributed by atoms with Crippen LogP contribution in [0.3, 0.4) is 0 Å². The highest BCUT2D eigenvalue weighted by molar-refractivity contribution is 6.36. The normalized spacial score (nSPS) is 16.8. The van der Waals surface area contributed by atoms with Crippen molar-refractivity contribution in [3.05, 3.63) is 52.3 Å². The molecule has 1 aromatic carbocycles. The van der Waals surface area contributed by atoms with Crippen molar-refractivity contribution < 1.29 is 9.53 Å². The lowest BCUT2D eigenvalue weighted by molar-refractivity contribution is 0.0854. The second kappa shape index (κ2) is 7.83. The summed E-state index contributed by atoms with van der Waals surface area (Å²) in [5, 5.41) is 7.07. The van der Waals surface area contributed by atoms with Crippen LogP contribution < -0.4 is 10.6 Å². The second-order valence-corrected chi connectivity index (χ2v) is 6.37. The Balaban J connectivity index is 1.59. The van der Waals surface area contributed by atoms with Crippen LogP contribution in [0.4, 0.5) is 11.4 Å². The number of amides is 1. The van der Waals surface area contributed by atoms with Gasteiger partial charge in [0.1, 0.15) is 5.69 Å². The predicted molar refractivity (Wildman–Crippen MR) is 95.3 cm³/mol. The molecule has 0 saturated carbocycles. The molecule has 2 aromatic rings. The molecule has 0 bridgehead atoms. The summed E-state index contributed by atoms with van der Waals surface area (Å²) in [6, 6.07) is 8.63. The molecule has 2 heterocycles. The number of aromatic nitrogens is 1. The quantitative estimate of drug-likeness (QED) is 0.838. The number of anilines is 2. The van der Waals surface area contributed by atoms with Gasteiger partial charge in [0.05, 0.1) is 28.7 Å². The molecule has 126 valence electrons. The van der Waals surface area contributed by atoms with E-state index in [2.05, 4.69) is 15.6 Å². The molecule has 1 atom stereocenters. The van der Waals surface area contributed by atoms with Crippen LogP contribution >= 0.6 is 23.2 Å². The van der Waals surface area contributed by atoms with Gasteiger partial charge in [-0.2, -0.15) is 0 Å². The first-order valence-electron chi connectivity index (χ1n) is 7.70. The maximum atomic E-state index is 12.1. The number of ether oxygens (including phenoxy) is 1. The average Bonchev–Trinajstić information content (AvgIpc) is 3.09. The number of rotatable bonds is 5. The van der Waals surface area contributed by atoms with E-state index in [1.54, 1.807) is 36.5 Å². The lowest BCUT2D eigenvalue weighted by atomic mass is 10.2. The number of carbonyl (C=O) groups excluding carboxylic acids is 1. The maximum absolute atomic E-state index is 12.1. The highest BCUT2D eigenvalue weighted by Gasteiger charge is 2.17. The zero-order valence-electron chi connectivity index (χ0n) is 12.9. The van der Waals surface area contributed by atoms with E-state index in [1.165, 1.54) is 0 Å². The lowest BCUT2D eigenvalue weighted by Crippen LogP contribution is -2.32. The fraction of sp³-hybridized carbons (Fsp3) is 0.294. The van der Waals surface area contributed by atoms with E-state index in [9.17, 15) is 4.79 Å². The number of nitrogens with zero attached hydrogens (tertiary/aromatic N) is 1. The minimum atomic E-state index is -0.207. The molecule has 1 saturated heterocycles. The monoisotopic (exact) mass is 365 g/mol. The molecule has 1 aliphatic heterocycles. The molecule has 3 rings (SSSR count). The molecule has 24 heavy (non-hydrogen) atoms. The number of nitrogens with one attached hydrogen (secondary N) is 2. The van der Waals surface area contributed by atoms with E-state index in [4.69, 9.17) is 27.9 Å². The molecule has 5 nitrogen and oxygen atoms in total. The summed E-state index contributed by atoms with van der Waals surface area (Å²) in [7, 11) is 0. The van der Waals surface area contributed by atoms with Gasteiger partial charge in [-0.1, -0.05) is 23.2 Å². The van der Waals surface area contributed by atoms with Crippen LogP contribution in [0.15, 0.2) is 36.5 Å². The summed E-state index contributed by atoms with van der Waals surface area (Å²) in [6.07, 6.45) is 3.73. The van der Waals surface area contributed by atoms with Crippen molar-refractivity contribution in [3.63, 3.8) is 0 Å². The van der Waals surface area contributed by atoms with E-state index in [0.29, 0.717) is 22.3 Å². The van der Waals surface area contributed by atoms with Crippen LogP contribution in [-0.2, 0) is 4.74 Å². The highest BCUT2D eigenvalue weighted by atomic mass is 35.5. The largest absolute Gasteiger partial charge is 0.376 e. The van der Waals surface area contributed by atoms with Gasteiger partial charge in [0.25, 0.3) is 5.91 Å². The Labute approximate surface area is 150 Å². The van der Waals surface area contributed by atoms with Crippen LogP contribution in [-0.4, -0.2) is 30.1 Å². The van der Waals surface area contributed by atoms with Gasteiger partial charge in [-0.25, -0.2) is 4.98 Å². The molecule has 0 radical (unpaired) electrons. The van der Waals surface area contributed by atoms with Crippen molar-refractivity contribution >= 4 is 40.5 Å². The molecule has 1 aromatic heterocycles. The third kappa shape index (κ3) is 4.38. The molecule has 0 spiro atoms. The van der Waals surface area contributed by atoms with Gasteiger partial charge in [-0.3, -0.25) is 4.79 Å². The lowest BCUT2D eigenvalue weighted by Gasteiger charge is -2.11. The van der Waals surface area contributed by atoms with E-state index in [-0.39, 0.29) is 12.0 Å². The summed E-state index contributed by atoms with van der Waals surface area (Å²) in [6.45, 7) is 1.29. The van der Waals surface area contributed by atoms with Gasteiger partial charge in [0, 0.05) is 18.2 Å². The van der Waals surface area contributed by atoms with Crippen molar-refractivity contribution in [3.8, 4) is 0 Å². The molecular formula is C17H17Cl2N3O2. The Morgan fingerprint density at radius 1 is 1.29 bits per heavy atom. The van der Waals surface area contributed by atoms with Gasteiger partial charge in [-0.15, -0.1) is 0 Å². The Morgan fingerprint density at radius 2 is 2.17 bits per heavy atom. The third-order valence-electron chi connectivity index (χ3n) is 3.72. The van der Waals surface area contributed by atoms with Crippen LogP contribution in [0.25, 0.3) is 0 Å². The van der Waals surface area contributed by atoms with E-state index < -0.39 is 0 Å². The third-order valence-corrected chi connectivity index (χ3v) is 4.27. The van der Waals surface area contributed by atoms with E-state index >= 15 is 0 Å². The fourth-order valence-corrected chi connectivity index (χ4v) is 2.91. The van der Waals surface area contributed by atoms with Gasteiger partial charge in [0.2, 0.25) is 0 Å². The van der Waals surface area contributed by atoms with Gasteiger partial charge in [0.15, 0.2) is 0 Å². The number of carbonyl (C=O) groups is 1. The number of pyridine rings is 1. The van der Waals surface area contributed by atoms with Crippen molar-refractivity contribution in [1.82, 2.24) is 10.3 Å². The molecule has 1 unspecified atom stereocenters. The molecular weight excluding hydrogens is 349 g/mol. The Bertz CT molecular complexity index is 716. The van der Waals surface area contributed by atoms with Crippen molar-refractivity contribution in [2.75, 3.05) is 18.5 Å². The minimum Gasteiger partial charge on any atom is -0.376 e. The zero-order chi connectivity index (χ0) is 16.9. The fourth-order valence-electron chi connectivity index (χ4n) is 2.45. The van der Waals surface area contributed by atoms with Crippen LogP contribution in [0.2, 0.25) is 10.0 Å². The maximum Gasteiger partial charge on any atom is 0.269 e. The standard InChI is InChI=1S/C17H17Cl2N3O2/c18-11-3-5-15(14(19)8-11)22-12-4-6-16(20-9-12)17(23)21-10-13-2-1-7-24-13/h3-6,8-9,13,22H,1-2,7,10H2,(H,21,23). The Morgan fingerprint density at radius 3 is 2.83 bits per heavy atom. The average molecular weight is 366 g/mol. The first-order chi connectivity index (χ1) is 11.6. The zero-order valence-corrected chi connectivity index (χ0v) is 14.4. The number of hydrogen-bond acceptors (Lipinski definition) is 4. The summed E-state index contributed by atoms with van der Waals surface area (Å²) >= 11 is 12.0. The van der Waals surface area contributed by atoms with Crippen molar-refractivity contribution in [2.24, 2.45) is 0 Å². The first-order valence-corrected chi connectivity index (χ1v) is 8.45. The van der Waals surface area contributed by atoms with Crippen LogP contribution in [0.5, 0.6) is 0 Å². The molecule has 7 heteroatoms. The SMILES string of the molecule is O=C(NCC1CCCO1)c1ccc(Nc2ccc(Cl)cc2Cl)cn1. The first kappa shape index (κ1) is 17.0. The Hall–Kier alpha value is -1.82. The van der Waals surface area contributed by atoms with Gasteiger partial charge < -0.3 is 15.4 Å². The topological polar surface area (TPSA) is 63.2 Å². The summed E-state index contributed by atoms with van der Waals surface area (Å²) in [4.78, 5) is 16.3. The number of hydrogen-bond donors (Lipinski definition) is 2. The van der Waals surface area contributed by atoms with Crippen LogP contribution in [0, 0.1) is 0 Å². The summed E-state index contributed by atoms with van der Waals surface area (Å²) in [5.74, 6) is -0.207. The van der Waals surface area contributed by atoms with E-state index in [1.807, 2.05) is 0 Å². The van der Waals surface area contributed by atoms with Crippen molar-refractivity contribution in [1.29, 1.82) is 0 Å².